The number of hydrogen-bond donors (Lipinski definition) is 1. The van der Waals surface area contributed by atoms with Gasteiger partial charge >= 0.3 is 24.1 Å². The molecule has 2 atom stereocenters. The Bertz CT molecular complexity index is 782. The predicted molar refractivity (Wildman–Crippen MR) is 106 cm³/mol. The monoisotopic (exact) mass is 442 g/mol. The van der Waals surface area contributed by atoms with E-state index < -0.39 is 48.4 Å². The highest BCUT2D eigenvalue weighted by atomic mass is 19.3. The Kier molecular flexibility index (Phi) is 7.80. The summed E-state index contributed by atoms with van der Waals surface area (Å²) >= 11 is 0. The topological polar surface area (TPSA) is 94.2 Å². The van der Waals surface area contributed by atoms with Crippen LogP contribution in [-0.4, -0.2) is 59.8 Å². The van der Waals surface area contributed by atoms with Crippen LogP contribution in [0.25, 0.3) is 0 Å². The molecular formula is C21H28F2N2O6. The molecule has 0 saturated carbocycles. The van der Waals surface area contributed by atoms with Crippen LogP contribution in [-0.2, 0) is 25.6 Å². The summed E-state index contributed by atoms with van der Waals surface area (Å²) in [7, 11) is 0. The average molecular weight is 442 g/mol. The third kappa shape index (κ3) is 7.69. The van der Waals surface area contributed by atoms with Crippen LogP contribution in [0, 0.1) is 0 Å². The maximum atomic E-state index is 14.5. The summed E-state index contributed by atoms with van der Waals surface area (Å²) in [6, 6.07) is 7.71. The number of likely N-dealkylation sites (tertiary alicyclic amines) is 1. The zero-order valence-corrected chi connectivity index (χ0v) is 18.0. The van der Waals surface area contributed by atoms with Gasteiger partial charge in [-0.2, -0.15) is 0 Å². The molecule has 172 valence electrons. The van der Waals surface area contributed by atoms with E-state index in [1.54, 1.807) is 45.0 Å². The summed E-state index contributed by atoms with van der Waals surface area (Å²) in [5.41, 5.74) is -0.0596. The number of ether oxygens (including phenoxy) is 3. The second-order valence-corrected chi connectivity index (χ2v) is 8.30. The Balaban J connectivity index is 1.82. The number of rotatable bonds is 5. The minimum Gasteiger partial charge on any atom is -0.454 e. The molecule has 0 aromatic heterocycles. The molecule has 31 heavy (non-hydrogen) atoms. The number of amides is 2. The van der Waals surface area contributed by atoms with Crippen LogP contribution >= 0.6 is 0 Å². The minimum atomic E-state index is -3.46. The molecule has 1 heterocycles. The highest BCUT2D eigenvalue weighted by Crippen LogP contribution is 2.31. The van der Waals surface area contributed by atoms with E-state index >= 15 is 0 Å². The standard InChI is InChI=1S/C21H28F2N2O6/c1-14(24-18(27)29-12-15-8-6-5-7-9-15)17(26)30-16-10-11-25(13-21(16,22)23)19(28)31-20(2,3)4/h5-9,14,16H,10-13H2,1-4H3,(H,24,27)/t14-,16?/m0/s1. The average Bonchev–Trinajstić information content (AvgIpc) is 2.67. The van der Waals surface area contributed by atoms with Crippen molar-refractivity contribution in [3.63, 3.8) is 0 Å². The Morgan fingerprint density at radius 3 is 2.45 bits per heavy atom. The van der Waals surface area contributed by atoms with E-state index in [-0.39, 0.29) is 19.6 Å². The van der Waals surface area contributed by atoms with Gasteiger partial charge in [-0.1, -0.05) is 30.3 Å². The van der Waals surface area contributed by atoms with Crippen LogP contribution in [0.15, 0.2) is 30.3 Å². The lowest BCUT2D eigenvalue weighted by atomic mass is 10.0. The molecule has 1 saturated heterocycles. The number of halogens is 2. The molecule has 0 radical (unpaired) electrons. The van der Waals surface area contributed by atoms with Crippen LogP contribution in [0.1, 0.15) is 39.7 Å². The van der Waals surface area contributed by atoms with Crippen LogP contribution in [0.4, 0.5) is 18.4 Å². The van der Waals surface area contributed by atoms with Crippen molar-refractivity contribution in [3.05, 3.63) is 35.9 Å². The summed E-state index contributed by atoms with van der Waals surface area (Å²) in [4.78, 5) is 36.9. The van der Waals surface area contributed by atoms with E-state index in [0.717, 1.165) is 10.5 Å². The fourth-order valence-electron chi connectivity index (χ4n) is 2.79. The highest BCUT2D eigenvalue weighted by Gasteiger charge is 2.49. The molecule has 10 heteroatoms. The van der Waals surface area contributed by atoms with E-state index in [9.17, 15) is 23.2 Å². The van der Waals surface area contributed by atoms with E-state index in [1.165, 1.54) is 6.92 Å². The van der Waals surface area contributed by atoms with Gasteiger partial charge in [-0.25, -0.2) is 23.2 Å². The second kappa shape index (κ2) is 9.93. The SMILES string of the molecule is C[C@H](NC(=O)OCc1ccccc1)C(=O)OC1CCN(C(=O)OC(C)(C)C)CC1(F)F. The molecule has 0 spiro atoms. The molecule has 1 aliphatic rings. The third-order valence-electron chi connectivity index (χ3n) is 4.34. The smallest absolute Gasteiger partial charge is 0.410 e. The molecule has 2 amide bonds. The number of piperidine rings is 1. The number of alkyl halides is 2. The molecule has 1 aromatic rings. The van der Waals surface area contributed by atoms with Crippen LogP contribution < -0.4 is 5.32 Å². The first-order chi connectivity index (χ1) is 14.4. The van der Waals surface area contributed by atoms with Gasteiger partial charge in [0.25, 0.3) is 0 Å². The summed E-state index contributed by atoms with van der Waals surface area (Å²) < 4.78 is 44.0. The maximum absolute atomic E-state index is 14.5. The van der Waals surface area contributed by atoms with Crippen molar-refractivity contribution >= 4 is 18.2 Å². The van der Waals surface area contributed by atoms with Crippen molar-refractivity contribution < 1.29 is 37.4 Å². The van der Waals surface area contributed by atoms with Crippen molar-refractivity contribution in [3.8, 4) is 0 Å². The Morgan fingerprint density at radius 1 is 1.23 bits per heavy atom. The highest BCUT2D eigenvalue weighted by molar-refractivity contribution is 5.81. The molecule has 8 nitrogen and oxygen atoms in total. The van der Waals surface area contributed by atoms with Gasteiger partial charge in [-0.05, 0) is 33.3 Å². The van der Waals surface area contributed by atoms with Crippen LogP contribution in [0.2, 0.25) is 0 Å². The summed E-state index contributed by atoms with van der Waals surface area (Å²) in [6.07, 6.45) is -3.71. The minimum absolute atomic E-state index is 0.00433. The van der Waals surface area contributed by atoms with Crippen molar-refractivity contribution in [2.75, 3.05) is 13.1 Å². The first kappa shape index (κ1) is 24.4. The van der Waals surface area contributed by atoms with Gasteiger partial charge in [0, 0.05) is 13.0 Å². The molecule has 1 fully saturated rings. The third-order valence-corrected chi connectivity index (χ3v) is 4.34. The molecule has 0 bridgehead atoms. The number of esters is 1. The number of hydrogen-bond acceptors (Lipinski definition) is 6. The molecule has 2 rings (SSSR count). The van der Waals surface area contributed by atoms with Gasteiger partial charge < -0.3 is 24.4 Å². The second-order valence-electron chi connectivity index (χ2n) is 8.30. The number of benzene rings is 1. The van der Waals surface area contributed by atoms with Crippen molar-refractivity contribution in [2.24, 2.45) is 0 Å². The van der Waals surface area contributed by atoms with Gasteiger partial charge in [0.1, 0.15) is 18.2 Å². The quantitative estimate of drug-likeness (QED) is 0.554. The van der Waals surface area contributed by atoms with Crippen LogP contribution in [0.5, 0.6) is 0 Å². The van der Waals surface area contributed by atoms with Gasteiger partial charge in [0.15, 0.2) is 6.10 Å². The van der Waals surface area contributed by atoms with Crippen LogP contribution in [0.3, 0.4) is 0 Å². The Labute approximate surface area is 179 Å². The maximum Gasteiger partial charge on any atom is 0.410 e. The van der Waals surface area contributed by atoms with E-state index in [0.29, 0.717) is 0 Å². The molecule has 1 N–H and O–H groups in total. The lowest BCUT2D eigenvalue weighted by Gasteiger charge is -2.38. The number of nitrogens with zero attached hydrogens (tertiary/aromatic N) is 1. The first-order valence-electron chi connectivity index (χ1n) is 9.91. The van der Waals surface area contributed by atoms with E-state index in [2.05, 4.69) is 5.32 Å². The largest absolute Gasteiger partial charge is 0.454 e. The number of nitrogens with one attached hydrogen (secondary N) is 1. The predicted octanol–water partition coefficient (Wildman–Crippen LogP) is 3.49. The summed E-state index contributed by atoms with van der Waals surface area (Å²) in [5, 5.41) is 2.25. The number of alkyl carbamates (subject to hydrolysis) is 1. The fourth-order valence-corrected chi connectivity index (χ4v) is 2.79. The Hall–Kier alpha value is -2.91. The van der Waals surface area contributed by atoms with Gasteiger partial charge in [-0.3, -0.25) is 0 Å². The molecule has 1 unspecified atom stereocenters. The van der Waals surface area contributed by atoms with E-state index in [4.69, 9.17) is 14.2 Å². The zero-order valence-electron chi connectivity index (χ0n) is 18.0. The molecular weight excluding hydrogens is 414 g/mol. The Morgan fingerprint density at radius 2 is 1.87 bits per heavy atom. The molecule has 0 aliphatic carbocycles. The zero-order chi connectivity index (χ0) is 23.2. The van der Waals surface area contributed by atoms with Crippen molar-refractivity contribution in [1.82, 2.24) is 10.2 Å². The number of carbonyl (C=O) groups is 3. The molecule has 1 aliphatic heterocycles. The normalized spacial score (nSPS) is 19.2. The summed E-state index contributed by atoms with van der Waals surface area (Å²) in [5.74, 6) is -4.48. The number of carbonyl (C=O) groups excluding carboxylic acids is 3. The van der Waals surface area contributed by atoms with E-state index in [1.807, 2.05) is 6.07 Å². The first-order valence-corrected chi connectivity index (χ1v) is 9.91. The van der Waals surface area contributed by atoms with Crippen molar-refractivity contribution in [2.45, 2.75) is 64.4 Å². The van der Waals surface area contributed by atoms with Crippen molar-refractivity contribution in [1.29, 1.82) is 0 Å². The summed E-state index contributed by atoms with van der Waals surface area (Å²) in [6.45, 7) is 5.23. The lowest BCUT2D eigenvalue weighted by molar-refractivity contribution is -0.188. The van der Waals surface area contributed by atoms with Gasteiger partial charge in [0.2, 0.25) is 0 Å². The van der Waals surface area contributed by atoms with Gasteiger partial charge in [-0.15, -0.1) is 0 Å². The lowest BCUT2D eigenvalue weighted by Crippen LogP contribution is -2.56. The molecule has 1 aromatic carbocycles. The fraction of sp³-hybridized carbons (Fsp3) is 0.571. The van der Waals surface area contributed by atoms with Gasteiger partial charge in [0.05, 0.1) is 6.54 Å².